The maximum atomic E-state index is 5.53. The van der Waals surface area contributed by atoms with Gasteiger partial charge in [-0.15, -0.1) is 0 Å². The number of hydrogen-bond acceptors (Lipinski definition) is 4. The molecule has 0 radical (unpaired) electrons. The summed E-state index contributed by atoms with van der Waals surface area (Å²) < 4.78 is 10.9. The predicted molar refractivity (Wildman–Crippen MR) is 92.7 cm³/mol. The van der Waals surface area contributed by atoms with Crippen LogP contribution < -0.4 is 14.8 Å². The molecule has 0 aliphatic rings. The van der Waals surface area contributed by atoms with E-state index in [1.54, 1.807) is 7.11 Å². The lowest BCUT2D eigenvalue weighted by Crippen LogP contribution is -2.14. The molecule has 21 heavy (non-hydrogen) atoms. The van der Waals surface area contributed by atoms with Gasteiger partial charge in [0.25, 0.3) is 0 Å². The molecular weight excluding hydrogens is 282 g/mol. The summed E-state index contributed by atoms with van der Waals surface area (Å²) in [5.74, 6) is 2.92. The van der Waals surface area contributed by atoms with E-state index in [1.807, 2.05) is 24.8 Å². The van der Waals surface area contributed by atoms with E-state index in [-0.39, 0.29) is 0 Å². The van der Waals surface area contributed by atoms with Crippen LogP contribution in [0.1, 0.15) is 38.2 Å². The van der Waals surface area contributed by atoms with E-state index in [4.69, 9.17) is 9.47 Å². The zero-order valence-electron chi connectivity index (χ0n) is 13.6. The minimum absolute atomic E-state index is 0.657. The van der Waals surface area contributed by atoms with Gasteiger partial charge in [-0.05, 0) is 56.0 Å². The van der Waals surface area contributed by atoms with Crippen LogP contribution in [-0.4, -0.2) is 32.3 Å². The third-order valence-corrected chi connectivity index (χ3v) is 4.01. The summed E-state index contributed by atoms with van der Waals surface area (Å²) in [4.78, 5) is 0. The Kier molecular flexibility index (Phi) is 10.2. The Bertz CT molecular complexity index is 385. The van der Waals surface area contributed by atoms with Gasteiger partial charge in [0.15, 0.2) is 11.5 Å². The zero-order chi connectivity index (χ0) is 15.3. The van der Waals surface area contributed by atoms with Gasteiger partial charge in [-0.25, -0.2) is 0 Å². The molecule has 0 spiro atoms. The van der Waals surface area contributed by atoms with Crippen molar-refractivity contribution >= 4 is 11.8 Å². The standard InChI is InChI=1S/C17H29NO2S/c1-4-20-16-10-9-15(13-17(16)19-2)14-18-11-7-5-6-8-12-21-3/h9-10,13,18H,4-8,11-12,14H2,1-3H3. The van der Waals surface area contributed by atoms with E-state index >= 15 is 0 Å². The lowest BCUT2D eigenvalue weighted by molar-refractivity contribution is 0.310. The summed E-state index contributed by atoms with van der Waals surface area (Å²) >= 11 is 1.94. The van der Waals surface area contributed by atoms with Crippen molar-refractivity contribution in [3.8, 4) is 11.5 Å². The number of benzene rings is 1. The molecule has 0 saturated heterocycles. The van der Waals surface area contributed by atoms with E-state index < -0.39 is 0 Å². The first-order valence-corrected chi connectivity index (χ1v) is 9.20. The Morgan fingerprint density at radius 2 is 1.90 bits per heavy atom. The van der Waals surface area contributed by atoms with E-state index in [9.17, 15) is 0 Å². The third kappa shape index (κ3) is 7.63. The number of methoxy groups -OCH3 is 1. The normalized spacial score (nSPS) is 10.6. The third-order valence-electron chi connectivity index (χ3n) is 3.31. The van der Waals surface area contributed by atoms with Crippen LogP contribution in [-0.2, 0) is 6.54 Å². The number of ether oxygens (including phenoxy) is 2. The first kappa shape index (κ1) is 18.2. The number of unbranched alkanes of at least 4 members (excludes halogenated alkanes) is 3. The molecule has 3 nitrogen and oxygen atoms in total. The summed E-state index contributed by atoms with van der Waals surface area (Å²) in [7, 11) is 1.68. The van der Waals surface area contributed by atoms with Crippen LogP contribution in [0, 0.1) is 0 Å². The second kappa shape index (κ2) is 11.8. The Balaban J connectivity index is 2.23. The largest absolute Gasteiger partial charge is 0.493 e. The summed E-state index contributed by atoms with van der Waals surface area (Å²) in [6.07, 6.45) is 7.44. The van der Waals surface area contributed by atoms with Gasteiger partial charge in [-0.3, -0.25) is 0 Å². The predicted octanol–water partition coefficient (Wildman–Crippen LogP) is 4.11. The molecule has 0 aliphatic carbocycles. The highest BCUT2D eigenvalue weighted by atomic mass is 32.2. The molecular formula is C17H29NO2S. The molecule has 1 rings (SSSR count). The van der Waals surface area contributed by atoms with Gasteiger partial charge < -0.3 is 14.8 Å². The molecule has 0 amide bonds. The molecule has 0 bridgehead atoms. The average Bonchev–Trinajstić information content (AvgIpc) is 2.51. The maximum absolute atomic E-state index is 5.53. The van der Waals surface area contributed by atoms with Crippen molar-refractivity contribution in [1.29, 1.82) is 0 Å². The van der Waals surface area contributed by atoms with Crippen LogP contribution in [0.25, 0.3) is 0 Å². The number of hydrogen-bond donors (Lipinski definition) is 1. The van der Waals surface area contributed by atoms with Crippen LogP contribution in [0.5, 0.6) is 11.5 Å². The minimum atomic E-state index is 0.657. The molecule has 0 aromatic heterocycles. The summed E-state index contributed by atoms with van der Waals surface area (Å²) in [5.41, 5.74) is 1.23. The molecule has 0 saturated carbocycles. The highest BCUT2D eigenvalue weighted by molar-refractivity contribution is 7.98. The Morgan fingerprint density at radius 3 is 2.62 bits per heavy atom. The minimum Gasteiger partial charge on any atom is -0.493 e. The topological polar surface area (TPSA) is 30.5 Å². The summed E-state index contributed by atoms with van der Waals surface area (Å²) in [6, 6.07) is 6.14. The summed E-state index contributed by atoms with van der Waals surface area (Å²) in [5, 5.41) is 3.49. The quantitative estimate of drug-likeness (QED) is 0.589. The van der Waals surface area contributed by atoms with Crippen LogP contribution >= 0.6 is 11.8 Å². The molecule has 1 N–H and O–H groups in total. The summed E-state index contributed by atoms with van der Waals surface area (Å²) in [6.45, 7) is 4.60. The Labute approximate surface area is 133 Å². The first-order valence-electron chi connectivity index (χ1n) is 7.81. The SMILES string of the molecule is CCOc1ccc(CNCCCCCCSC)cc1OC. The lowest BCUT2D eigenvalue weighted by atomic mass is 10.2. The van der Waals surface area contributed by atoms with Crippen molar-refractivity contribution in [1.82, 2.24) is 5.32 Å². The van der Waals surface area contributed by atoms with E-state index in [2.05, 4.69) is 23.7 Å². The van der Waals surface area contributed by atoms with Crippen molar-refractivity contribution in [2.45, 2.75) is 39.2 Å². The van der Waals surface area contributed by atoms with Crippen molar-refractivity contribution in [2.24, 2.45) is 0 Å². The fraction of sp³-hybridized carbons (Fsp3) is 0.647. The van der Waals surface area contributed by atoms with Gasteiger partial charge in [0.1, 0.15) is 0 Å². The van der Waals surface area contributed by atoms with Gasteiger partial charge in [-0.1, -0.05) is 18.9 Å². The second-order valence-electron chi connectivity index (χ2n) is 5.00. The molecule has 0 heterocycles. The maximum Gasteiger partial charge on any atom is 0.161 e. The molecule has 4 heteroatoms. The molecule has 0 unspecified atom stereocenters. The Hall–Kier alpha value is -0.870. The van der Waals surface area contributed by atoms with E-state index in [1.165, 1.54) is 37.0 Å². The fourth-order valence-electron chi connectivity index (χ4n) is 2.18. The molecule has 0 aliphatic heterocycles. The van der Waals surface area contributed by atoms with Crippen molar-refractivity contribution in [2.75, 3.05) is 32.3 Å². The fourth-order valence-corrected chi connectivity index (χ4v) is 2.67. The molecule has 0 fully saturated rings. The van der Waals surface area contributed by atoms with Crippen molar-refractivity contribution < 1.29 is 9.47 Å². The average molecular weight is 311 g/mol. The van der Waals surface area contributed by atoms with Crippen LogP contribution in [0.4, 0.5) is 0 Å². The highest BCUT2D eigenvalue weighted by Crippen LogP contribution is 2.27. The zero-order valence-corrected chi connectivity index (χ0v) is 14.4. The van der Waals surface area contributed by atoms with Gasteiger partial charge in [0.2, 0.25) is 0 Å². The molecule has 0 atom stereocenters. The van der Waals surface area contributed by atoms with Gasteiger partial charge in [0, 0.05) is 6.54 Å². The number of thioether (sulfide) groups is 1. The van der Waals surface area contributed by atoms with Crippen LogP contribution in [0.2, 0.25) is 0 Å². The van der Waals surface area contributed by atoms with Crippen molar-refractivity contribution in [3.63, 3.8) is 0 Å². The molecule has 120 valence electrons. The number of rotatable bonds is 12. The van der Waals surface area contributed by atoms with Crippen LogP contribution in [0.3, 0.4) is 0 Å². The van der Waals surface area contributed by atoms with Crippen LogP contribution in [0.15, 0.2) is 18.2 Å². The smallest absolute Gasteiger partial charge is 0.161 e. The highest BCUT2D eigenvalue weighted by Gasteiger charge is 2.04. The number of nitrogens with one attached hydrogen (secondary N) is 1. The molecule has 1 aromatic rings. The van der Waals surface area contributed by atoms with Gasteiger partial charge in [0.05, 0.1) is 13.7 Å². The van der Waals surface area contributed by atoms with Crippen molar-refractivity contribution in [3.05, 3.63) is 23.8 Å². The van der Waals surface area contributed by atoms with Gasteiger partial charge in [-0.2, -0.15) is 11.8 Å². The monoisotopic (exact) mass is 311 g/mol. The van der Waals surface area contributed by atoms with E-state index in [0.717, 1.165) is 24.6 Å². The Morgan fingerprint density at radius 1 is 1.10 bits per heavy atom. The van der Waals surface area contributed by atoms with E-state index in [0.29, 0.717) is 6.61 Å². The first-order chi connectivity index (χ1) is 10.3. The second-order valence-corrected chi connectivity index (χ2v) is 5.99. The van der Waals surface area contributed by atoms with Gasteiger partial charge >= 0.3 is 0 Å². The lowest BCUT2D eigenvalue weighted by Gasteiger charge is -2.11. The molecule has 1 aromatic carbocycles.